The van der Waals surface area contributed by atoms with Crippen LogP contribution in [0, 0.1) is 0 Å². The molecule has 1 amide bonds. The van der Waals surface area contributed by atoms with Gasteiger partial charge in [-0.15, -0.1) is 0 Å². The number of aliphatic hydroxyl groups excluding tert-OH is 1. The van der Waals surface area contributed by atoms with Gasteiger partial charge in [-0.1, -0.05) is 109 Å². The lowest BCUT2D eigenvalue weighted by atomic mass is 9.87. The van der Waals surface area contributed by atoms with Gasteiger partial charge in [0.25, 0.3) is 5.79 Å². The second-order valence-electron chi connectivity index (χ2n) is 21.7. The highest BCUT2D eigenvalue weighted by Gasteiger charge is 2.64. The Balaban J connectivity index is 1.34. The number of aliphatic hydroxyl groups is 1. The lowest BCUT2D eigenvalue weighted by molar-refractivity contribution is -0.378. The van der Waals surface area contributed by atoms with E-state index >= 15 is 4.79 Å². The first-order valence-electron chi connectivity index (χ1n) is 29.5. The van der Waals surface area contributed by atoms with Crippen LogP contribution in [0.3, 0.4) is 0 Å². The van der Waals surface area contributed by atoms with Crippen LogP contribution in [0.2, 0.25) is 0 Å². The zero-order valence-corrected chi connectivity index (χ0v) is 51.6. The van der Waals surface area contributed by atoms with E-state index in [1.807, 2.05) is 6.07 Å². The molecule has 4 aromatic rings. The normalized spacial score (nSPS) is 25.3. The molecule has 92 heavy (non-hydrogen) atoms. The van der Waals surface area contributed by atoms with Gasteiger partial charge in [-0.05, 0) is 35.2 Å². The van der Waals surface area contributed by atoms with Crippen molar-refractivity contribution in [3.8, 4) is 0 Å². The maximum Gasteiger partial charge on any atom is 0.367 e. The number of carbonyl (C=O) groups excluding carboxylic acids is 10. The van der Waals surface area contributed by atoms with Gasteiger partial charge in [-0.2, -0.15) is 0 Å². The summed E-state index contributed by atoms with van der Waals surface area (Å²) in [5, 5.41) is 14.8. The van der Waals surface area contributed by atoms with Gasteiger partial charge < -0.3 is 81.5 Å². The van der Waals surface area contributed by atoms with Gasteiger partial charge in [-0.25, -0.2) is 14.4 Å². The molecule has 3 fully saturated rings. The van der Waals surface area contributed by atoms with Crippen LogP contribution in [-0.4, -0.2) is 183 Å². The molecule has 0 aliphatic carbocycles. The molecular weight excluding hydrogens is 1210 g/mol. The van der Waals surface area contributed by atoms with E-state index in [0.29, 0.717) is 5.56 Å². The molecule has 0 bridgehead atoms. The van der Waals surface area contributed by atoms with Crippen molar-refractivity contribution in [3.63, 3.8) is 0 Å². The Bertz CT molecular complexity index is 3140. The fraction of sp³-hybridized carbons (Fsp3) is 0.477. The Labute approximate surface area is 529 Å². The van der Waals surface area contributed by atoms with E-state index in [4.69, 9.17) is 71.1 Å². The third-order valence-corrected chi connectivity index (χ3v) is 14.4. The summed E-state index contributed by atoms with van der Waals surface area (Å²) in [5.74, 6) is -13.2. The number of nitrogens with one attached hydrogen (secondary N) is 1. The molecule has 0 unspecified atom stereocenters. The van der Waals surface area contributed by atoms with Crippen molar-refractivity contribution in [1.29, 1.82) is 0 Å². The number of carbonyl (C=O) groups is 10. The summed E-state index contributed by atoms with van der Waals surface area (Å²) in [6.07, 6.45) is -24.2. The van der Waals surface area contributed by atoms with E-state index in [9.17, 15) is 48.3 Å². The molecule has 0 spiro atoms. The van der Waals surface area contributed by atoms with Gasteiger partial charge in [0, 0.05) is 61.5 Å². The number of hydrogen-bond donors (Lipinski definition) is 2. The van der Waals surface area contributed by atoms with E-state index in [1.54, 1.807) is 103 Å². The van der Waals surface area contributed by atoms with Crippen LogP contribution in [0.5, 0.6) is 0 Å². The minimum absolute atomic E-state index is 0.0606. The molecule has 3 aliphatic heterocycles. The minimum atomic E-state index is -3.14. The molecule has 27 heteroatoms. The third kappa shape index (κ3) is 20.7. The van der Waals surface area contributed by atoms with Crippen LogP contribution in [0.25, 0.3) is 0 Å². The van der Waals surface area contributed by atoms with Crippen molar-refractivity contribution in [1.82, 2.24) is 5.32 Å². The molecule has 2 N–H and O–H groups in total. The van der Waals surface area contributed by atoms with E-state index < -0.39 is 184 Å². The van der Waals surface area contributed by atoms with Crippen LogP contribution in [-0.2, 0) is 134 Å². The first kappa shape index (κ1) is 70.8. The summed E-state index contributed by atoms with van der Waals surface area (Å²) in [4.78, 5) is 135. The topological polar surface area (TPSA) is 341 Å². The van der Waals surface area contributed by atoms with Gasteiger partial charge in [0.2, 0.25) is 5.91 Å². The molecule has 27 nitrogen and oxygen atoms in total. The number of rotatable bonds is 28. The molecule has 3 aliphatic rings. The Kier molecular flexibility index (Phi) is 26.2. The second kappa shape index (κ2) is 34.1. The molecule has 4 aromatic carbocycles. The lowest BCUT2D eigenvalue weighted by Gasteiger charge is -2.52. The monoisotopic (exact) mass is 1290 g/mol. The molecule has 15 atom stereocenters. The number of benzene rings is 4. The fourth-order valence-electron chi connectivity index (χ4n) is 10.5. The number of esters is 9. The molecule has 3 saturated heterocycles. The third-order valence-electron chi connectivity index (χ3n) is 14.4. The highest BCUT2D eigenvalue weighted by Crippen LogP contribution is 2.42. The van der Waals surface area contributed by atoms with Gasteiger partial charge in [0.1, 0.15) is 63.1 Å². The highest BCUT2D eigenvalue weighted by molar-refractivity contribution is 5.89. The molecule has 3 heterocycles. The predicted molar refractivity (Wildman–Crippen MR) is 312 cm³/mol. The summed E-state index contributed by atoms with van der Waals surface area (Å²) >= 11 is 0. The van der Waals surface area contributed by atoms with Crippen LogP contribution in [0.1, 0.15) is 88.4 Å². The van der Waals surface area contributed by atoms with Gasteiger partial charge >= 0.3 is 53.7 Å². The summed E-state index contributed by atoms with van der Waals surface area (Å²) in [6.45, 7) is 4.13. The van der Waals surface area contributed by atoms with E-state index in [2.05, 4.69) is 5.32 Å². The van der Waals surface area contributed by atoms with E-state index in [-0.39, 0.29) is 31.6 Å². The van der Waals surface area contributed by atoms with E-state index in [1.165, 1.54) is 12.1 Å². The summed E-state index contributed by atoms with van der Waals surface area (Å²) < 4.78 is 90.9. The second-order valence-corrected chi connectivity index (χ2v) is 21.7. The standard InChI is InChI=1S/C65H75NO26/c1-37(67)66-54-50(84-39(3)69)31-65(64(77)83-33-46-24-16-10-17-25-46,91-58(54)56(86-41(5)71)52(85-40(4)70)35-79-38(2)68)92-59-57(87-42(6)72)53(36-82-61(75)47-26-18-11-19-27-47)90-63(60(59)88-43(7)73)89-48-28-29-78-51(55(48)74)34-80-49(30-44-20-12-8-13-21-44)62(76)81-32-45-22-14-9-15-23-45/h8-27,48-60,63,74H,28-36H2,1-7H3,(H,66,67)/t48-,49+,50+,51-,52-,53-,54-,55-,56-,57+,58-,59+,60-,63-,65+/m1/s1. The van der Waals surface area contributed by atoms with Crippen LogP contribution in [0.15, 0.2) is 121 Å². The predicted octanol–water partition coefficient (Wildman–Crippen LogP) is 3.81. The maximum atomic E-state index is 15.6. The highest BCUT2D eigenvalue weighted by atomic mass is 16.8. The average Bonchev–Trinajstić information content (AvgIpc) is 0.747. The van der Waals surface area contributed by atoms with Crippen LogP contribution < -0.4 is 5.32 Å². The summed E-state index contributed by atoms with van der Waals surface area (Å²) in [7, 11) is 0. The molecular formula is C65H75NO26. The SMILES string of the molecule is CC(=O)N[C@H]1[C@H]([C@H](OC(C)=O)[C@@H](COC(C)=O)OC(C)=O)O[C@@](O[C@H]2[C@@H](OC(C)=O)[C@@H](COC(=O)c3ccccc3)O[C@@H](O[C@@H]3CCO[C@H](CO[C@@H](Cc4ccccc4)C(=O)OCc4ccccc4)[C@@H]3O)[C@@H]2OC(C)=O)(C(=O)OCc2ccccc2)C[C@@H]1OC(C)=O. The Morgan fingerprint density at radius 3 is 1.72 bits per heavy atom. The van der Waals surface area contributed by atoms with Gasteiger partial charge in [0.15, 0.2) is 36.8 Å². The first-order valence-corrected chi connectivity index (χ1v) is 29.5. The van der Waals surface area contributed by atoms with Crippen molar-refractivity contribution < 1.29 is 124 Å². The molecule has 496 valence electrons. The smallest absolute Gasteiger partial charge is 0.367 e. The van der Waals surface area contributed by atoms with Crippen molar-refractivity contribution in [2.45, 2.75) is 172 Å². The van der Waals surface area contributed by atoms with Crippen molar-refractivity contribution in [3.05, 3.63) is 144 Å². The quantitative estimate of drug-likeness (QED) is 0.0603. The molecule has 0 saturated carbocycles. The average molecular weight is 1290 g/mol. The number of ether oxygens (including phenoxy) is 15. The summed E-state index contributed by atoms with van der Waals surface area (Å²) in [5.41, 5.74) is 1.91. The minimum Gasteiger partial charge on any atom is -0.462 e. The Hall–Kier alpha value is -8.70. The van der Waals surface area contributed by atoms with E-state index in [0.717, 1.165) is 59.6 Å². The lowest BCUT2D eigenvalue weighted by Crippen LogP contribution is -2.72. The Morgan fingerprint density at radius 2 is 1.15 bits per heavy atom. The van der Waals surface area contributed by atoms with Crippen molar-refractivity contribution in [2.75, 3.05) is 26.4 Å². The molecule has 0 aromatic heterocycles. The number of amides is 1. The van der Waals surface area contributed by atoms with Gasteiger partial charge in [0.05, 0.1) is 30.7 Å². The van der Waals surface area contributed by atoms with Crippen LogP contribution in [0.4, 0.5) is 0 Å². The van der Waals surface area contributed by atoms with Crippen LogP contribution >= 0.6 is 0 Å². The molecule has 7 rings (SSSR count). The maximum absolute atomic E-state index is 15.6. The Morgan fingerprint density at radius 1 is 0.587 bits per heavy atom. The zero-order chi connectivity index (χ0) is 66.5. The largest absolute Gasteiger partial charge is 0.462 e. The summed E-state index contributed by atoms with van der Waals surface area (Å²) in [6, 6.07) is 32.1. The number of hydrogen-bond acceptors (Lipinski definition) is 26. The van der Waals surface area contributed by atoms with Gasteiger partial charge in [-0.3, -0.25) is 33.6 Å². The van der Waals surface area contributed by atoms with Crippen molar-refractivity contribution >= 4 is 59.6 Å². The zero-order valence-electron chi connectivity index (χ0n) is 51.6. The fourth-order valence-corrected chi connectivity index (χ4v) is 10.5. The molecule has 0 radical (unpaired) electrons. The first-order chi connectivity index (χ1) is 44.0. The van der Waals surface area contributed by atoms with Crippen molar-refractivity contribution in [2.24, 2.45) is 0 Å².